The molecule has 2 aliphatic rings. The van der Waals surface area contributed by atoms with Gasteiger partial charge in [0.2, 0.25) is 0 Å². The highest BCUT2D eigenvalue weighted by atomic mass is 16.5. The first kappa shape index (κ1) is 6.98. The first-order chi connectivity index (χ1) is 5.40. The standard InChI is InChI=1S/C8H14N2O/c9-3-7-1-2-10(4-7)8-5-11-6-8/h5,7H,1-4,6,9H2/t7-/m0/s1. The van der Waals surface area contributed by atoms with Gasteiger partial charge in [-0.05, 0) is 18.9 Å². The molecule has 2 N–H and O–H groups in total. The predicted octanol–water partition coefficient (Wildman–Crippen LogP) is 0.139. The second kappa shape index (κ2) is 2.74. The van der Waals surface area contributed by atoms with E-state index in [0.29, 0.717) is 5.92 Å². The van der Waals surface area contributed by atoms with Gasteiger partial charge in [0.15, 0.2) is 0 Å². The fraction of sp³-hybridized carbons (Fsp3) is 0.750. The number of nitrogens with zero attached hydrogens (tertiary/aromatic N) is 1. The maximum Gasteiger partial charge on any atom is 0.130 e. The second-order valence-electron chi connectivity index (χ2n) is 3.26. The topological polar surface area (TPSA) is 38.5 Å². The molecule has 62 valence electrons. The quantitative estimate of drug-likeness (QED) is 0.615. The third-order valence-electron chi connectivity index (χ3n) is 2.48. The first-order valence-corrected chi connectivity index (χ1v) is 4.16. The minimum Gasteiger partial charge on any atom is -0.493 e. The van der Waals surface area contributed by atoms with Crippen LogP contribution in [-0.2, 0) is 4.74 Å². The van der Waals surface area contributed by atoms with Gasteiger partial charge in [-0.25, -0.2) is 0 Å². The SMILES string of the molecule is NC[C@@H]1CCN(C2=COC2)C1. The predicted molar refractivity (Wildman–Crippen MR) is 42.8 cm³/mol. The van der Waals surface area contributed by atoms with Crippen LogP contribution >= 0.6 is 0 Å². The molecule has 0 amide bonds. The van der Waals surface area contributed by atoms with Gasteiger partial charge < -0.3 is 15.4 Å². The first-order valence-electron chi connectivity index (χ1n) is 4.16. The molecule has 0 aromatic rings. The van der Waals surface area contributed by atoms with Gasteiger partial charge in [-0.1, -0.05) is 0 Å². The zero-order chi connectivity index (χ0) is 7.68. The highest BCUT2D eigenvalue weighted by Crippen LogP contribution is 2.22. The molecule has 3 heteroatoms. The number of hydrogen-bond acceptors (Lipinski definition) is 3. The maximum atomic E-state index is 5.58. The average Bonchev–Trinajstić information content (AvgIpc) is 2.32. The Kier molecular flexibility index (Phi) is 1.74. The van der Waals surface area contributed by atoms with Crippen molar-refractivity contribution in [1.82, 2.24) is 4.90 Å². The van der Waals surface area contributed by atoms with E-state index < -0.39 is 0 Å². The van der Waals surface area contributed by atoms with Gasteiger partial charge in [0.05, 0.1) is 5.70 Å². The molecule has 2 aliphatic heterocycles. The molecule has 0 aromatic carbocycles. The van der Waals surface area contributed by atoms with Crippen molar-refractivity contribution in [2.45, 2.75) is 6.42 Å². The van der Waals surface area contributed by atoms with E-state index in [1.807, 2.05) is 6.26 Å². The molecule has 1 saturated heterocycles. The molecule has 1 fully saturated rings. The van der Waals surface area contributed by atoms with E-state index in [2.05, 4.69) is 4.90 Å². The molecular weight excluding hydrogens is 140 g/mol. The van der Waals surface area contributed by atoms with Crippen LogP contribution in [0.25, 0.3) is 0 Å². The molecule has 0 saturated carbocycles. The summed E-state index contributed by atoms with van der Waals surface area (Å²) in [5, 5.41) is 0. The van der Waals surface area contributed by atoms with Crippen LogP contribution in [0.2, 0.25) is 0 Å². The van der Waals surface area contributed by atoms with Crippen LogP contribution in [0.4, 0.5) is 0 Å². The molecule has 0 aliphatic carbocycles. The lowest BCUT2D eigenvalue weighted by molar-refractivity contribution is 0.167. The normalized spacial score (nSPS) is 29.4. The van der Waals surface area contributed by atoms with Crippen LogP contribution in [0, 0.1) is 5.92 Å². The summed E-state index contributed by atoms with van der Waals surface area (Å²) in [4.78, 5) is 2.38. The van der Waals surface area contributed by atoms with Crippen LogP contribution in [-0.4, -0.2) is 31.1 Å². The van der Waals surface area contributed by atoms with Crippen molar-refractivity contribution < 1.29 is 4.74 Å². The van der Waals surface area contributed by atoms with Crippen molar-refractivity contribution in [3.8, 4) is 0 Å². The minimum absolute atomic E-state index is 0.705. The van der Waals surface area contributed by atoms with Crippen molar-refractivity contribution in [3.05, 3.63) is 12.0 Å². The molecule has 0 aromatic heterocycles. The molecule has 11 heavy (non-hydrogen) atoms. The Balaban J connectivity index is 1.88. The number of likely N-dealkylation sites (tertiary alicyclic amines) is 1. The van der Waals surface area contributed by atoms with E-state index in [1.165, 1.54) is 12.1 Å². The van der Waals surface area contributed by atoms with Gasteiger partial charge in [0.1, 0.15) is 12.9 Å². The zero-order valence-corrected chi connectivity index (χ0v) is 6.62. The summed E-state index contributed by atoms with van der Waals surface area (Å²) in [6, 6.07) is 0. The molecule has 2 rings (SSSR count). The van der Waals surface area contributed by atoms with Gasteiger partial charge in [-0.3, -0.25) is 0 Å². The molecule has 0 spiro atoms. The Morgan fingerprint density at radius 2 is 2.55 bits per heavy atom. The summed E-state index contributed by atoms with van der Waals surface area (Å²) in [5.41, 5.74) is 6.93. The molecule has 2 heterocycles. The molecular formula is C8H14N2O. The smallest absolute Gasteiger partial charge is 0.130 e. The Morgan fingerprint density at radius 1 is 1.73 bits per heavy atom. The van der Waals surface area contributed by atoms with E-state index in [9.17, 15) is 0 Å². The fourth-order valence-electron chi connectivity index (χ4n) is 1.61. The Hall–Kier alpha value is -0.700. The van der Waals surface area contributed by atoms with Gasteiger partial charge in [-0.15, -0.1) is 0 Å². The lowest BCUT2D eigenvalue weighted by Gasteiger charge is -2.26. The molecule has 3 nitrogen and oxygen atoms in total. The van der Waals surface area contributed by atoms with Crippen LogP contribution < -0.4 is 5.73 Å². The number of hydrogen-bond donors (Lipinski definition) is 1. The summed E-state index contributed by atoms with van der Waals surface area (Å²) >= 11 is 0. The van der Waals surface area contributed by atoms with Crippen molar-refractivity contribution in [2.75, 3.05) is 26.2 Å². The Morgan fingerprint density at radius 3 is 3.00 bits per heavy atom. The molecule has 1 atom stereocenters. The van der Waals surface area contributed by atoms with Crippen molar-refractivity contribution >= 4 is 0 Å². The summed E-state index contributed by atoms with van der Waals surface area (Å²) < 4.78 is 4.98. The van der Waals surface area contributed by atoms with Gasteiger partial charge >= 0.3 is 0 Å². The third-order valence-corrected chi connectivity index (χ3v) is 2.48. The van der Waals surface area contributed by atoms with E-state index in [0.717, 1.165) is 26.2 Å². The van der Waals surface area contributed by atoms with E-state index >= 15 is 0 Å². The van der Waals surface area contributed by atoms with E-state index in [1.54, 1.807) is 0 Å². The Bertz CT molecular complexity index is 179. The van der Waals surface area contributed by atoms with Gasteiger partial charge in [0.25, 0.3) is 0 Å². The lowest BCUT2D eigenvalue weighted by atomic mass is 10.1. The van der Waals surface area contributed by atoms with Crippen LogP contribution in [0.3, 0.4) is 0 Å². The van der Waals surface area contributed by atoms with E-state index in [4.69, 9.17) is 10.5 Å². The summed E-state index contributed by atoms with van der Waals surface area (Å²) in [7, 11) is 0. The maximum absolute atomic E-state index is 5.58. The molecule has 0 unspecified atom stereocenters. The average molecular weight is 154 g/mol. The number of rotatable bonds is 2. The highest BCUT2D eigenvalue weighted by molar-refractivity contribution is 5.07. The van der Waals surface area contributed by atoms with Crippen LogP contribution in [0.15, 0.2) is 12.0 Å². The van der Waals surface area contributed by atoms with Crippen molar-refractivity contribution in [1.29, 1.82) is 0 Å². The van der Waals surface area contributed by atoms with Gasteiger partial charge in [0, 0.05) is 13.1 Å². The minimum atomic E-state index is 0.705. The van der Waals surface area contributed by atoms with Gasteiger partial charge in [-0.2, -0.15) is 0 Å². The zero-order valence-electron chi connectivity index (χ0n) is 6.62. The largest absolute Gasteiger partial charge is 0.493 e. The molecule has 0 radical (unpaired) electrons. The number of nitrogens with two attached hydrogens (primary N) is 1. The monoisotopic (exact) mass is 154 g/mol. The third kappa shape index (κ3) is 1.20. The number of ether oxygens (including phenoxy) is 1. The van der Waals surface area contributed by atoms with Crippen molar-refractivity contribution in [2.24, 2.45) is 11.7 Å². The second-order valence-corrected chi connectivity index (χ2v) is 3.26. The fourth-order valence-corrected chi connectivity index (χ4v) is 1.61. The van der Waals surface area contributed by atoms with Crippen molar-refractivity contribution in [3.63, 3.8) is 0 Å². The van der Waals surface area contributed by atoms with Crippen LogP contribution in [0.5, 0.6) is 0 Å². The Labute approximate surface area is 66.8 Å². The summed E-state index contributed by atoms with van der Waals surface area (Å²) in [6.45, 7) is 3.92. The van der Waals surface area contributed by atoms with E-state index in [-0.39, 0.29) is 0 Å². The highest BCUT2D eigenvalue weighted by Gasteiger charge is 2.25. The summed E-state index contributed by atoms with van der Waals surface area (Å²) in [5.74, 6) is 0.705. The molecule has 0 bridgehead atoms. The lowest BCUT2D eigenvalue weighted by Crippen LogP contribution is -2.28. The summed E-state index contributed by atoms with van der Waals surface area (Å²) in [6.07, 6.45) is 3.09. The van der Waals surface area contributed by atoms with Crippen LogP contribution in [0.1, 0.15) is 6.42 Å².